The lowest BCUT2D eigenvalue weighted by Gasteiger charge is -2.25. The highest BCUT2D eigenvalue weighted by molar-refractivity contribution is 9.10. The van der Waals surface area contributed by atoms with Gasteiger partial charge in [0.25, 0.3) is 0 Å². The molecule has 18 heavy (non-hydrogen) atoms. The average Bonchev–Trinajstić information content (AvgIpc) is 3.03. The molecule has 2 aliphatic rings. The van der Waals surface area contributed by atoms with E-state index in [-0.39, 0.29) is 0 Å². The summed E-state index contributed by atoms with van der Waals surface area (Å²) in [6, 6.07) is 6.35. The summed E-state index contributed by atoms with van der Waals surface area (Å²) in [6.07, 6.45) is 4.33. The Morgan fingerprint density at radius 1 is 1.28 bits per heavy atom. The van der Waals surface area contributed by atoms with Crippen LogP contribution < -0.4 is 10.1 Å². The minimum Gasteiger partial charge on any atom is -0.489 e. The number of aryl methyl sites for hydroxylation is 1. The fourth-order valence-corrected chi connectivity index (χ4v) is 3.39. The first kappa shape index (κ1) is 12.5. The van der Waals surface area contributed by atoms with E-state index in [0.717, 1.165) is 29.2 Å². The topological polar surface area (TPSA) is 21.3 Å². The number of nitrogens with one attached hydrogen (secondary N) is 1. The highest BCUT2D eigenvalue weighted by Gasteiger charge is 2.39. The lowest BCUT2D eigenvalue weighted by molar-refractivity contribution is 0.120. The van der Waals surface area contributed by atoms with Crippen LogP contribution in [0.3, 0.4) is 0 Å². The first-order valence-electron chi connectivity index (χ1n) is 6.87. The van der Waals surface area contributed by atoms with Gasteiger partial charge in [0.2, 0.25) is 0 Å². The quantitative estimate of drug-likeness (QED) is 0.919. The molecule has 98 valence electrons. The zero-order valence-electron chi connectivity index (χ0n) is 10.8. The van der Waals surface area contributed by atoms with Gasteiger partial charge >= 0.3 is 0 Å². The van der Waals surface area contributed by atoms with Crippen LogP contribution in [0.2, 0.25) is 0 Å². The molecule has 1 unspecified atom stereocenters. The van der Waals surface area contributed by atoms with Gasteiger partial charge in [-0.15, -0.1) is 0 Å². The van der Waals surface area contributed by atoms with Crippen LogP contribution in [0.15, 0.2) is 22.7 Å². The van der Waals surface area contributed by atoms with Crippen LogP contribution in [0.5, 0.6) is 5.75 Å². The molecule has 1 aliphatic carbocycles. The largest absolute Gasteiger partial charge is 0.489 e. The summed E-state index contributed by atoms with van der Waals surface area (Å²) >= 11 is 3.61. The second-order valence-electron chi connectivity index (χ2n) is 5.61. The summed E-state index contributed by atoms with van der Waals surface area (Å²) in [5.74, 6) is 2.47. The predicted molar refractivity (Wildman–Crippen MR) is 77.0 cm³/mol. The van der Waals surface area contributed by atoms with Crippen molar-refractivity contribution in [2.24, 2.45) is 11.8 Å². The molecular formula is C15H20BrNO. The standard InChI is InChI=1S/C15H20BrNO/c1-10-2-5-14(13(16)8-10)18-15(11-3-4-11)12-6-7-17-9-12/h2,5,8,11-12,15,17H,3-4,6-7,9H2,1H3/t12-,15?/m0/s1. The number of benzene rings is 1. The van der Waals surface area contributed by atoms with Crippen LogP contribution in [0.4, 0.5) is 0 Å². The zero-order chi connectivity index (χ0) is 12.5. The van der Waals surface area contributed by atoms with Gasteiger partial charge in [0.15, 0.2) is 0 Å². The SMILES string of the molecule is Cc1ccc(OC(C2CC2)[C@H]2CCNC2)c(Br)c1. The van der Waals surface area contributed by atoms with Gasteiger partial charge < -0.3 is 10.1 Å². The molecule has 1 saturated heterocycles. The molecular weight excluding hydrogens is 290 g/mol. The minimum absolute atomic E-state index is 0.402. The van der Waals surface area contributed by atoms with E-state index in [4.69, 9.17) is 4.74 Å². The van der Waals surface area contributed by atoms with Crippen molar-refractivity contribution in [3.05, 3.63) is 28.2 Å². The molecule has 1 saturated carbocycles. The molecule has 1 heterocycles. The molecule has 0 radical (unpaired) electrons. The molecule has 3 heteroatoms. The van der Waals surface area contributed by atoms with Gasteiger partial charge in [-0.3, -0.25) is 0 Å². The average molecular weight is 310 g/mol. The Labute approximate surface area is 117 Å². The van der Waals surface area contributed by atoms with E-state index < -0.39 is 0 Å². The van der Waals surface area contributed by atoms with Crippen molar-refractivity contribution in [3.63, 3.8) is 0 Å². The van der Waals surface area contributed by atoms with Gasteiger partial charge in [0, 0.05) is 12.5 Å². The normalized spacial score (nSPS) is 25.1. The molecule has 1 aliphatic heterocycles. The van der Waals surface area contributed by atoms with Crippen LogP contribution in [0, 0.1) is 18.8 Å². The van der Waals surface area contributed by atoms with Crippen LogP contribution in [-0.2, 0) is 0 Å². The Kier molecular flexibility index (Phi) is 3.62. The molecule has 0 bridgehead atoms. The van der Waals surface area contributed by atoms with E-state index in [9.17, 15) is 0 Å². The lowest BCUT2D eigenvalue weighted by atomic mass is 9.97. The van der Waals surface area contributed by atoms with Crippen molar-refractivity contribution < 1.29 is 4.74 Å². The molecule has 3 rings (SSSR count). The molecule has 1 N–H and O–H groups in total. The number of rotatable bonds is 4. The molecule has 1 aromatic carbocycles. The predicted octanol–water partition coefficient (Wildman–Crippen LogP) is 3.52. The summed E-state index contributed by atoms with van der Waals surface area (Å²) in [6.45, 7) is 4.37. The zero-order valence-corrected chi connectivity index (χ0v) is 12.4. The Hall–Kier alpha value is -0.540. The Bertz CT molecular complexity index is 425. The number of halogens is 1. The fraction of sp³-hybridized carbons (Fsp3) is 0.600. The van der Waals surface area contributed by atoms with Crippen LogP contribution in [0.25, 0.3) is 0 Å². The molecule has 2 fully saturated rings. The van der Waals surface area contributed by atoms with Gasteiger partial charge in [-0.2, -0.15) is 0 Å². The maximum absolute atomic E-state index is 6.32. The van der Waals surface area contributed by atoms with Crippen molar-refractivity contribution in [2.75, 3.05) is 13.1 Å². The second kappa shape index (κ2) is 5.22. The van der Waals surface area contributed by atoms with E-state index in [1.807, 2.05) is 0 Å². The Morgan fingerprint density at radius 3 is 2.72 bits per heavy atom. The van der Waals surface area contributed by atoms with Gasteiger partial charge in [-0.1, -0.05) is 6.07 Å². The van der Waals surface area contributed by atoms with Crippen LogP contribution in [-0.4, -0.2) is 19.2 Å². The second-order valence-corrected chi connectivity index (χ2v) is 6.46. The first-order valence-corrected chi connectivity index (χ1v) is 7.67. The first-order chi connectivity index (χ1) is 8.74. The third-order valence-electron chi connectivity index (χ3n) is 4.00. The van der Waals surface area contributed by atoms with Gasteiger partial charge in [0.1, 0.15) is 11.9 Å². The van der Waals surface area contributed by atoms with Gasteiger partial charge in [0.05, 0.1) is 4.47 Å². The van der Waals surface area contributed by atoms with Crippen LogP contribution in [0.1, 0.15) is 24.8 Å². The minimum atomic E-state index is 0.402. The molecule has 0 aromatic heterocycles. The highest BCUT2D eigenvalue weighted by Crippen LogP contribution is 2.41. The van der Waals surface area contributed by atoms with Crippen LogP contribution >= 0.6 is 15.9 Å². The van der Waals surface area contributed by atoms with E-state index >= 15 is 0 Å². The third-order valence-corrected chi connectivity index (χ3v) is 4.62. The van der Waals surface area contributed by atoms with E-state index in [1.54, 1.807) is 0 Å². The van der Waals surface area contributed by atoms with Gasteiger partial charge in [-0.25, -0.2) is 0 Å². The summed E-state index contributed by atoms with van der Waals surface area (Å²) in [5.41, 5.74) is 1.26. The summed E-state index contributed by atoms with van der Waals surface area (Å²) < 4.78 is 7.40. The van der Waals surface area contributed by atoms with Crippen molar-refractivity contribution in [1.82, 2.24) is 5.32 Å². The highest BCUT2D eigenvalue weighted by atomic mass is 79.9. The monoisotopic (exact) mass is 309 g/mol. The number of hydrogen-bond acceptors (Lipinski definition) is 2. The maximum Gasteiger partial charge on any atom is 0.133 e. The lowest BCUT2D eigenvalue weighted by Crippen LogP contribution is -2.30. The molecule has 0 spiro atoms. The summed E-state index contributed by atoms with van der Waals surface area (Å²) in [7, 11) is 0. The smallest absolute Gasteiger partial charge is 0.133 e. The molecule has 2 nitrogen and oxygen atoms in total. The van der Waals surface area contributed by atoms with Gasteiger partial charge in [-0.05, 0) is 72.3 Å². The van der Waals surface area contributed by atoms with Crippen molar-refractivity contribution in [2.45, 2.75) is 32.3 Å². The number of hydrogen-bond donors (Lipinski definition) is 1. The van der Waals surface area contributed by atoms with E-state index in [2.05, 4.69) is 46.4 Å². The molecule has 1 aromatic rings. The number of ether oxygens (including phenoxy) is 1. The fourth-order valence-electron chi connectivity index (χ4n) is 2.81. The van der Waals surface area contributed by atoms with E-state index in [0.29, 0.717) is 12.0 Å². The van der Waals surface area contributed by atoms with E-state index in [1.165, 1.54) is 24.8 Å². The molecule has 0 amide bonds. The summed E-state index contributed by atoms with van der Waals surface area (Å²) in [4.78, 5) is 0. The molecule has 2 atom stereocenters. The Morgan fingerprint density at radius 2 is 2.11 bits per heavy atom. The van der Waals surface area contributed by atoms with Crippen molar-refractivity contribution >= 4 is 15.9 Å². The Balaban J connectivity index is 1.75. The van der Waals surface area contributed by atoms with Crippen molar-refractivity contribution in [1.29, 1.82) is 0 Å². The van der Waals surface area contributed by atoms with Crippen molar-refractivity contribution in [3.8, 4) is 5.75 Å². The third kappa shape index (κ3) is 2.72. The summed E-state index contributed by atoms with van der Waals surface area (Å²) in [5, 5.41) is 3.45. The maximum atomic E-state index is 6.32.